The van der Waals surface area contributed by atoms with Crippen molar-refractivity contribution >= 4 is 35.7 Å². The van der Waals surface area contributed by atoms with Crippen LogP contribution in [-0.2, 0) is 4.79 Å². The van der Waals surface area contributed by atoms with E-state index in [4.69, 9.17) is 11.6 Å². The summed E-state index contributed by atoms with van der Waals surface area (Å²) in [6.45, 7) is 0. The Morgan fingerprint density at radius 1 is 1.44 bits per heavy atom. The van der Waals surface area contributed by atoms with E-state index < -0.39 is 6.04 Å². The lowest BCUT2D eigenvalue weighted by Gasteiger charge is -2.30. The number of carbonyl (C=O) groups excluding carboxylic acids is 2. The summed E-state index contributed by atoms with van der Waals surface area (Å²) in [5, 5.41) is 0. The number of hydrogen-bond acceptors (Lipinski definition) is 3. The maximum Gasteiger partial charge on any atom is 0.333 e. The van der Waals surface area contributed by atoms with Crippen LogP contribution >= 0.6 is 11.6 Å². The van der Waals surface area contributed by atoms with Crippen LogP contribution in [0.15, 0.2) is 4.99 Å². The van der Waals surface area contributed by atoms with Crippen LogP contribution in [0.4, 0.5) is 4.79 Å². The van der Waals surface area contributed by atoms with Crippen molar-refractivity contribution < 1.29 is 19.6 Å². The van der Waals surface area contributed by atoms with Gasteiger partial charge < -0.3 is 5.48 Å². The lowest BCUT2D eigenvalue weighted by molar-refractivity contribution is -0.512. The summed E-state index contributed by atoms with van der Waals surface area (Å²) in [6, 6.07) is -0.769. The molecule has 0 aromatic rings. The Hall–Kier alpha value is -1.47. The monoisotopic (exact) mass is 247 g/mol. The molecule has 1 atom stereocenters. The van der Waals surface area contributed by atoms with Gasteiger partial charge in [-0.15, -0.1) is 0 Å². The van der Waals surface area contributed by atoms with Crippen LogP contribution in [0, 0.1) is 0 Å². The number of urea groups is 1. The smallest absolute Gasteiger partial charge is 0.333 e. The topological polar surface area (TPSA) is 87.5 Å². The van der Waals surface area contributed by atoms with E-state index in [1.165, 1.54) is 18.3 Å². The second-order valence-corrected chi connectivity index (χ2v) is 3.62. The van der Waals surface area contributed by atoms with Crippen LogP contribution in [0.25, 0.3) is 0 Å². The van der Waals surface area contributed by atoms with Gasteiger partial charge in [-0.2, -0.15) is 0 Å². The molecule has 0 spiro atoms. The Bertz CT molecular complexity index is 406. The summed E-state index contributed by atoms with van der Waals surface area (Å²) >= 11 is 5.67. The molecular weight excluding hydrogens is 236 g/mol. The van der Waals surface area contributed by atoms with Crippen molar-refractivity contribution in [1.29, 1.82) is 0 Å². The summed E-state index contributed by atoms with van der Waals surface area (Å²) in [7, 11) is 3.03. The summed E-state index contributed by atoms with van der Waals surface area (Å²) in [5.74, 6) is 0.134. The summed E-state index contributed by atoms with van der Waals surface area (Å²) in [5.41, 5.74) is 0. The number of fused-ring (bicyclic) bond motifs is 1. The molecule has 16 heavy (non-hydrogen) atoms. The second-order valence-electron chi connectivity index (χ2n) is 3.38. The van der Waals surface area contributed by atoms with Gasteiger partial charge in [-0.25, -0.2) is 9.37 Å². The molecule has 3 amide bonds. The Labute approximate surface area is 96.9 Å². The third-order valence-electron chi connectivity index (χ3n) is 2.53. The lowest BCUT2D eigenvalue weighted by Crippen LogP contribution is -2.61. The van der Waals surface area contributed by atoms with Gasteiger partial charge in [-0.3, -0.25) is 14.6 Å². The molecule has 88 valence electrons. The average molecular weight is 248 g/mol. The van der Waals surface area contributed by atoms with Crippen molar-refractivity contribution in [3.63, 3.8) is 0 Å². The number of nitrogens with zero attached hydrogens (tertiary/aromatic N) is 4. The van der Waals surface area contributed by atoms with Crippen molar-refractivity contribution in [1.82, 2.24) is 9.80 Å². The Balaban J connectivity index is 0.00000128. The number of hydrogen-bond donors (Lipinski definition) is 0. The Morgan fingerprint density at radius 3 is 2.62 bits per heavy atom. The number of aliphatic imine (C=N–C) groups is 1. The van der Waals surface area contributed by atoms with E-state index in [2.05, 4.69) is 4.99 Å². The van der Waals surface area contributed by atoms with Crippen molar-refractivity contribution in [2.45, 2.75) is 6.04 Å². The van der Waals surface area contributed by atoms with Gasteiger partial charge in [0.2, 0.25) is 0 Å². The van der Waals surface area contributed by atoms with Crippen LogP contribution in [-0.4, -0.2) is 70.1 Å². The van der Waals surface area contributed by atoms with Crippen LogP contribution < -0.4 is 0 Å². The molecule has 1 unspecified atom stereocenters. The highest BCUT2D eigenvalue weighted by atomic mass is 35.5. The molecule has 1 fully saturated rings. The van der Waals surface area contributed by atoms with E-state index in [1.54, 1.807) is 11.6 Å². The van der Waals surface area contributed by atoms with Crippen LogP contribution in [0.1, 0.15) is 0 Å². The maximum absolute atomic E-state index is 11.8. The number of likely N-dealkylation sites (N-methyl/N-ethyl adjacent to an activating group) is 2. The first-order chi connectivity index (χ1) is 7.07. The van der Waals surface area contributed by atoms with E-state index in [1.807, 2.05) is 0 Å². The molecule has 2 aliphatic heterocycles. The maximum atomic E-state index is 11.8. The molecule has 2 aliphatic rings. The van der Waals surface area contributed by atoms with Gasteiger partial charge in [0, 0.05) is 14.1 Å². The van der Waals surface area contributed by atoms with E-state index in [0.29, 0.717) is 5.84 Å². The number of amides is 3. The van der Waals surface area contributed by atoms with Crippen molar-refractivity contribution in [2.24, 2.45) is 4.99 Å². The zero-order valence-corrected chi connectivity index (χ0v) is 9.60. The Kier molecular flexibility index (Phi) is 3.30. The first-order valence-corrected chi connectivity index (χ1v) is 4.89. The SMILES string of the molecule is CN1C(=O)C2C(=NC=[N+]2CCl)N(C)C1=O.O. The minimum Gasteiger partial charge on any atom is -0.412 e. The molecule has 2 N–H and O–H groups in total. The zero-order valence-electron chi connectivity index (χ0n) is 8.85. The molecular formula is C8H12ClN4O3+. The molecule has 0 saturated carbocycles. The molecule has 8 heteroatoms. The summed E-state index contributed by atoms with van der Waals surface area (Å²) < 4.78 is 1.58. The van der Waals surface area contributed by atoms with Crippen molar-refractivity contribution in [3.05, 3.63) is 0 Å². The molecule has 0 radical (unpaired) electrons. The average Bonchev–Trinajstić information content (AvgIpc) is 2.67. The summed E-state index contributed by atoms with van der Waals surface area (Å²) in [6.07, 6.45) is 1.48. The third kappa shape index (κ3) is 1.48. The van der Waals surface area contributed by atoms with E-state index in [0.717, 1.165) is 4.90 Å². The number of halogens is 1. The largest absolute Gasteiger partial charge is 0.412 e. The predicted octanol–water partition coefficient (Wildman–Crippen LogP) is -1.30. The number of amidine groups is 1. The Morgan fingerprint density at radius 2 is 2.06 bits per heavy atom. The second kappa shape index (κ2) is 4.18. The molecule has 0 aromatic heterocycles. The highest BCUT2D eigenvalue weighted by Gasteiger charge is 2.50. The van der Waals surface area contributed by atoms with Gasteiger partial charge >= 0.3 is 6.03 Å². The molecule has 0 bridgehead atoms. The van der Waals surface area contributed by atoms with E-state index >= 15 is 0 Å². The van der Waals surface area contributed by atoms with Crippen LogP contribution in [0.3, 0.4) is 0 Å². The van der Waals surface area contributed by atoms with Gasteiger partial charge in [0.05, 0.1) is 0 Å². The first kappa shape index (κ1) is 12.6. The zero-order chi connectivity index (χ0) is 11.2. The normalized spacial score (nSPS) is 23.8. The fourth-order valence-electron chi connectivity index (χ4n) is 1.64. The number of rotatable bonds is 1. The van der Waals surface area contributed by atoms with Gasteiger partial charge in [0.25, 0.3) is 24.1 Å². The van der Waals surface area contributed by atoms with E-state index in [-0.39, 0.29) is 23.4 Å². The number of carbonyl (C=O) groups is 2. The number of alkyl halides is 1. The van der Waals surface area contributed by atoms with Gasteiger partial charge in [-0.1, -0.05) is 11.6 Å². The standard InChI is InChI=1S/C8H10ClN4O2.H2O/c1-11-6-5(13(3-9)4-10-6)7(14)12(2)8(11)15;/h4-5H,3H2,1-2H3;1H2/q+1;. The number of imide groups is 1. The van der Waals surface area contributed by atoms with Gasteiger partial charge in [0.15, 0.2) is 6.00 Å². The third-order valence-corrected chi connectivity index (χ3v) is 2.81. The van der Waals surface area contributed by atoms with Crippen LogP contribution in [0.2, 0.25) is 0 Å². The molecule has 0 aromatic carbocycles. The fourth-order valence-corrected chi connectivity index (χ4v) is 1.84. The molecule has 0 aliphatic carbocycles. The lowest BCUT2D eigenvalue weighted by atomic mass is 10.2. The van der Waals surface area contributed by atoms with E-state index in [9.17, 15) is 9.59 Å². The van der Waals surface area contributed by atoms with Crippen molar-refractivity contribution in [3.8, 4) is 0 Å². The highest BCUT2D eigenvalue weighted by molar-refractivity contribution is 6.22. The predicted molar refractivity (Wildman–Crippen MR) is 57.8 cm³/mol. The summed E-state index contributed by atoms with van der Waals surface area (Å²) in [4.78, 5) is 29.8. The molecule has 2 rings (SSSR count). The molecule has 2 heterocycles. The minimum atomic E-state index is -0.560. The highest BCUT2D eigenvalue weighted by Crippen LogP contribution is 2.16. The fraction of sp³-hybridized carbons (Fsp3) is 0.500. The molecule has 1 saturated heterocycles. The van der Waals surface area contributed by atoms with Crippen LogP contribution in [0.5, 0.6) is 0 Å². The quantitative estimate of drug-likeness (QED) is 0.328. The van der Waals surface area contributed by atoms with Gasteiger partial charge in [0.1, 0.15) is 0 Å². The minimum absolute atomic E-state index is 0. The first-order valence-electron chi connectivity index (χ1n) is 4.36. The van der Waals surface area contributed by atoms with Gasteiger partial charge in [-0.05, 0) is 4.99 Å². The van der Waals surface area contributed by atoms with Crippen molar-refractivity contribution in [2.75, 3.05) is 20.1 Å². The molecule has 7 nitrogen and oxygen atoms in total.